The molecule has 1 heterocycles. The van der Waals surface area contributed by atoms with Gasteiger partial charge in [0.15, 0.2) is 0 Å². The van der Waals surface area contributed by atoms with Gasteiger partial charge in [-0.2, -0.15) is 5.10 Å². The highest BCUT2D eigenvalue weighted by Crippen LogP contribution is 2.30. The minimum absolute atomic E-state index is 0.140. The second-order valence-corrected chi connectivity index (χ2v) is 5.35. The van der Waals surface area contributed by atoms with E-state index in [0.717, 1.165) is 16.3 Å². The van der Waals surface area contributed by atoms with E-state index in [2.05, 4.69) is 20.5 Å². The Morgan fingerprint density at radius 2 is 1.83 bits per heavy atom. The Hall–Kier alpha value is -3.28. The van der Waals surface area contributed by atoms with Crippen molar-refractivity contribution in [2.45, 2.75) is 6.92 Å². The van der Waals surface area contributed by atoms with Gasteiger partial charge in [-0.3, -0.25) is 14.6 Å². The SMILES string of the molecule is Cc1cc(=O)[nH]c(N/N=C2\C(=O)c3cccc4cccc2c34)n1. The van der Waals surface area contributed by atoms with Gasteiger partial charge in [-0.25, -0.2) is 10.4 Å². The van der Waals surface area contributed by atoms with Gasteiger partial charge in [0.2, 0.25) is 11.7 Å². The number of anilines is 1. The second kappa shape index (κ2) is 4.88. The van der Waals surface area contributed by atoms with Crippen LogP contribution in [0.3, 0.4) is 0 Å². The van der Waals surface area contributed by atoms with Crippen LogP contribution in [-0.4, -0.2) is 21.5 Å². The topological polar surface area (TPSA) is 87.2 Å². The number of aromatic amines is 1. The first kappa shape index (κ1) is 13.4. The fourth-order valence-corrected chi connectivity index (χ4v) is 2.83. The van der Waals surface area contributed by atoms with E-state index in [-0.39, 0.29) is 17.3 Å². The molecule has 2 N–H and O–H groups in total. The summed E-state index contributed by atoms with van der Waals surface area (Å²) in [7, 11) is 0. The molecule has 23 heavy (non-hydrogen) atoms. The molecule has 0 atom stereocenters. The monoisotopic (exact) mass is 304 g/mol. The first-order valence-corrected chi connectivity index (χ1v) is 7.12. The zero-order valence-electron chi connectivity index (χ0n) is 12.3. The Morgan fingerprint density at radius 1 is 1.09 bits per heavy atom. The van der Waals surface area contributed by atoms with Crippen molar-refractivity contribution in [3.05, 3.63) is 69.6 Å². The van der Waals surface area contributed by atoms with Gasteiger partial charge >= 0.3 is 0 Å². The van der Waals surface area contributed by atoms with Gasteiger partial charge in [0.05, 0.1) is 0 Å². The van der Waals surface area contributed by atoms with E-state index in [1.54, 1.807) is 13.0 Å². The zero-order chi connectivity index (χ0) is 16.0. The molecule has 0 bridgehead atoms. The number of nitrogens with zero attached hydrogens (tertiary/aromatic N) is 2. The zero-order valence-corrected chi connectivity index (χ0v) is 12.3. The molecule has 6 nitrogen and oxygen atoms in total. The number of hydrazone groups is 1. The summed E-state index contributed by atoms with van der Waals surface area (Å²) < 4.78 is 0. The van der Waals surface area contributed by atoms with Crippen molar-refractivity contribution >= 4 is 28.2 Å². The molecule has 3 aromatic rings. The number of aromatic nitrogens is 2. The Balaban J connectivity index is 1.80. The molecular formula is C17H12N4O2. The van der Waals surface area contributed by atoms with Gasteiger partial charge in [-0.05, 0) is 12.3 Å². The minimum Gasteiger partial charge on any atom is -0.291 e. The number of aryl methyl sites for hydroxylation is 1. The minimum atomic E-state index is -0.275. The highest BCUT2D eigenvalue weighted by molar-refractivity contribution is 6.59. The van der Waals surface area contributed by atoms with Crippen molar-refractivity contribution in [3.8, 4) is 0 Å². The van der Waals surface area contributed by atoms with Crippen LogP contribution in [0.25, 0.3) is 10.8 Å². The van der Waals surface area contributed by atoms with Crippen LogP contribution in [0.5, 0.6) is 0 Å². The lowest BCUT2D eigenvalue weighted by Gasteiger charge is -2.02. The molecule has 2 aromatic carbocycles. The summed E-state index contributed by atoms with van der Waals surface area (Å²) in [6.45, 7) is 1.71. The van der Waals surface area contributed by atoms with Gasteiger partial charge in [0, 0.05) is 28.3 Å². The largest absolute Gasteiger partial charge is 0.291 e. The number of hydrogen-bond acceptors (Lipinski definition) is 5. The molecule has 1 aliphatic rings. The maximum absolute atomic E-state index is 12.6. The predicted octanol–water partition coefficient (Wildman–Crippen LogP) is 2.24. The lowest BCUT2D eigenvalue weighted by Crippen LogP contribution is -2.14. The Bertz CT molecular complexity index is 1040. The molecule has 0 radical (unpaired) electrons. The number of ketones is 1. The highest BCUT2D eigenvalue weighted by atomic mass is 16.1. The van der Waals surface area contributed by atoms with E-state index in [1.807, 2.05) is 30.3 Å². The first-order valence-electron chi connectivity index (χ1n) is 7.12. The van der Waals surface area contributed by atoms with Crippen LogP contribution in [0.1, 0.15) is 21.6 Å². The number of carbonyl (C=O) groups excluding carboxylic acids is 1. The second-order valence-electron chi connectivity index (χ2n) is 5.35. The molecule has 0 fully saturated rings. The third-order valence-corrected chi connectivity index (χ3v) is 3.76. The first-order chi connectivity index (χ1) is 11.1. The van der Waals surface area contributed by atoms with Crippen LogP contribution in [0.15, 0.2) is 52.4 Å². The third-order valence-electron chi connectivity index (χ3n) is 3.76. The Labute approximate surface area is 130 Å². The maximum atomic E-state index is 12.6. The van der Waals surface area contributed by atoms with Crippen molar-refractivity contribution < 1.29 is 4.79 Å². The Morgan fingerprint density at radius 3 is 2.57 bits per heavy atom. The molecule has 0 aliphatic heterocycles. The Kier molecular flexibility index (Phi) is 2.84. The van der Waals surface area contributed by atoms with Crippen LogP contribution < -0.4 is 11.0 Å². The number of carbonyl (C=O) groups is 1. The summed E-state index contributed by atoms with van der Waals surface area (Å²) in [6, 6.07) is 12.7. The predicted molar refractivity (Wildman–Crippen MR) is 88.0 cm³/mol. The molecule has 112 valence electrons. The summed E-state index contributed by atoms with van der Waals surface area (Å²) in [5, 5.41) is 6.09. The molecule has 1 aliphatic carbocycles. The number of H-pyrrole nitrogens is 1. The van der Waals surface area contributed by atoms with E-state index < -0.39 is 0 Å². The summed E-state index contributed by atoms with van der Waals surface area (Å²) in [6.07, 6.45) is 0. The normalized spacial score (nSPS) is 14.7. The lowest BCUT2D eigenvalue weighted by atomic mass is 10.1. The quantitative estimate of drug-likeness (QED) is 0.711. The number of nitrogens with one attached hydrogen (secondary N) is 2. The molecule has 0 unspecified atom stereocenters. The molecule has 0 saturated heterocycles. The fraction of sp³-hybridized carbons (Fsp3) is 0.0588. The van der Waals surface area contributed by atoms with E-state index in [0.29, 0.717) is 17.0 Å². The molecule has 6 heteroatoms. The van der Waals surface area contributed by atoms with Crippen LogP contribution >= 0.6 is 0 Å². The number of rotatable bonds is 2. The molecular weight excluding hydrogens is 292 g/mol. The molecule has 0 amide bonds. The van der Waals surface area contributed by atoms with Crippen molar-refractivity contribution in [3.63, 3.8) is 0 Å². The average Bonchev–Trinajstić information content (AvgIpc) is 2.79. The van der Waals surface area contributed by atoms with E-state index >= 15 is 0 Å². The highest BCUT2D eigenvalue weighted by Gasteiger charge is 2.28. The van der Waals surface area contributed by atoms with Crippen LogP contribution in [0, 0.1) is 6.92 Å². The van der Waals surface area contributed by atoms with Gasteiger partial charge in [0.25, 0.3) is 5.56 Å². The summed E-state index contributed by atoms with van der Waals surface area (Å²) in [4.78, 5) is 30.7. The van der Waals surface area contributed by atoms with E-state index in [1.165, 1.54) is 6.07 Å². The number of Topliss-reactive ketones (excluding diaryl/α,β-unsaturated/α-hetero) is 1. The maximum Gasteiger partial charge on any atom is 0.252 e. The van der Waals surface area contributed by atoms with E-state index in [4.69, 9.17) is 0 Å². The van der Waals surface area contributed by atoms with Crippen LogP contribution in [-0.2, 0) is 0 Å². The lowest BCUT2D eigenvalue weighted by molar-refractivity contribution is 0.107. The molecule has 0 saturated carbocycles. The van der Waals surface area contributed by atoms with Gasteiger partial charge < -0.3 is 0 Å². The number of hydrogen-bond donors (Lipinski definition) is 2. The molecule has 0 spiro atoms. The smallest absolute Gasteiger partial charge is 0.252 e. The standard InChI is InChI=1S/C17H12N4O2/c1-9-8-13(22)19-17(18-9)21-20-15-11-6-2-4-10-5-3-7-12(14(10)11)16(15)23/h2-8H,1H3,(H2,18,19,21,22)/b20-15-. The molecule has 4 rings (SSSR count). The fourth-order valence-electron chi connectivity index (χ4n) is 2.83. The van der Waals surface area contributed by atoms with Crippen molar-refractivity contribution in [1.82, 2.24) is 9.97 Å². The summed E-state index contributed by atoms with van der Waals surface area (Å²) in [5.41, 5.74) is 4.72. The van der Waals surface area contributed by atoms with Gasteiger partial charge in [-0.1, -0.05) is 36.4 Å². The van der Waals surface area contributed by atoms with Gasteiger partial charge in [0.1, 0.15) is 5.71 Å². The summed E-state index contributed by atoms with van der Waals surface area (Å²) >= 11 is 0. The van der Waals surface area contributed by atoms with Crippen LogP contribution in [0.2, 0.25) is 0 Å². The van der Waals surface area contributed by atoms with Crippen molar-refractivity contribution in [2.24, 2.45) is 5.10 Å². The number of benzene rings is 2. The average molecular weight is 304 g/mol. The van der Waals surface area contributed by atoms with Crippen molar-refractivity contribution in [1.29, 1.82) is 0 Å². The molecule has 1 aromatic heterocycles. The van der Waals surface area contributed by atoms with Crippen molar-refractivity contribution in [2.75, 3.05) is 5.43 Å². The van der Waals surface area contributed by atoms with E-state index in [9.17, 15) is 9.59 Å². The summed E-state index contributed by atoms with van der Waals surface area (Å²) in [5.74, 6) is 0.0673. The third kappa shape index (κ3) is 2.12. The van der Waals surface area contributed by atoms with Gasteiger partial charge in [-0.15, -0.1) is 0 Å². The van der Waals surface area contributed by atoms with Crippen LogP contribution in [0.4, 0.5) is 5.95 Å².